The molecule has 3 aliphatic carbocycles. The fourth-order valence-corrected chi connectivity index (χ4v) is 5.18. The lowest BCUT2D eigenvalue weighted by Gasteiger charge is -2.38. The summed E-state index contributed by atoms with van der Waals surface area (Å²) < 4.78 is 0. The SMILES string of the molecule is CC1CN(C(=O)C2C3C4CCC(C4)C23)C(C)CN1. The zero-order valence-corrected chi connectivity index (χ0v) is 11.4. The van der Waals surface area contributed by atoms with E-state index in [1.165, 1.54) is 19.3 Å². The third-order valence-corrected chi connectivity index (χ3v) is 6.07. The molecule has 1 aliphatic heterocycles. The molecule has 0 radical (unpaired) electrons. The monoisotopic (exact) mass is 248 g/mol. The van der Waals surface area contributed by atoms with Crippen LogP contribution in [0, 0.1) is 29.6 Å². The van der Waals surface area contributed by atoms with E-state index < -0.39 is 0 Å². The lowest BCUT2D eigenvalue weighted by Crippen LogP contribution is -2.56. The summed E-state index contributed by atoms with van der Waals surface area (Å²) in [5.41, 5.74) is 0. The van der Waals surface area contributed by atoms with Crippen molar-refractivity contribution >= 4 is 5.91 Å². The molecule has 4 rings (SSSR count). The minimum atomic E-state index is 0.382. The number of hydrogen-bond donors (Lipinski definition) is 1. The van der Waals surface area contributed by atoms with Gasteiger partial charge in [0.15, 0.2) is 0 Å². The Labute approximate surface area is 109 Å². The highest BCUT2D eigenvalue weighted by molar-refractivity contribution is 5.83. The van der Waals surface area contributed by atoms with Gasteiger partial charge in [-0.2, -0.15) is 0 Å². The quantitative estimate of drug-likeness (QED) is 0.762. The molecule has 6 unspecified atom stereocenters. The van der Waals surface area contributed by atoms with Gasteiger partial charge in [-0.15, -0.1) is 0 Å². The van der Waals surface area contributed by atoms with Gasteiger partial charge >= 0.3 is 0 Å². The minimum absolute atomic E-state index is 0.382. The summed E-state index contributed by atoms with van der Waals surface area (Å²) in [5, 5.41) is 3.46. The van der Waals surface area contributed by atoms with Crippen LogP contribution in [0.2, 0.25) is 0 Å². The fourth-order valence-electron chi connectivity index (χ4n) is 5.18. The van der Waals surface area contributed by atoms with E-state index in [9.17, 15) is 4.79 Å². The number of fused-ring (bicyclic) bond motifs is 5. The van der Waals surface area contributed by atoms with Crippen LogP contribution in [0.4, 0.5) is 0 Å². The van der Waals surface area contributed by atoms with Crippen molar-refractivity contribution < 1.29 is 4.79 Å². The molecule has 0 aromatic rings. The Morgan fingerprint density at radius 3 is 2.50 bits per heavy atom. The van der Waals surface area contributed by atoms with Gasteiger partial charge in [0.25, 0.3) is 0 Å². The largest absolute Gasteiger partial charge is 0.337 e. The molecule has 18 heavy (non-hydrogen) atoms. The summed E-state index contributed by atoms with van der Waals surface area (Å²) in [6, 6.07) is 0.841. The van der Waals surface area contributed by atoms with Gasteiger partial charge in [0.2, 0.25) is 5.91 Å². The second kappa shape index (κ2) is 3.72. The zero-order chi connectivity index (χ0) is 12.4. The van der Waals surface area contributed by atoms with Crippen LogP contribution in [0.15, 0.2) is 0 Å². The van der Waals surface area contributed by atoms with E-state index in [0.717, 1.165) is 36.8 Å². The van der Waals surface area contributed by atoms with Crippen LogP contribution in [-0.2, 0) is 4.79 Å². The summed E-state index contributed by atoms with van der Waals surface area (Å²) in [4.78, 5) is 14.9. The van der Waals surface area contributed by atoms with Crippen LogP contribution in [-0.4, -0.2) is 36.0 Å². The van der Waals surface area contributed by atoms with Gasteiger partial charge in [0.1, 0.15) is 0 Å². The van der Waals surface area contributed by atoms with Crippen molar-refractivity contribution in [2.45, 2.75) is 45.2 Å². The Morgan fingerprint density at radius 2 is 1.83 bits per heavy atom. The topological polar surface area (TPSA) is 32.3 Å². The van der Waals surface area contributed by atoms with E-state index in [-0.39, 0.29) is 0 Å². The first-order chi connectivity index (χ1) is 8.66. The molecule has 6 atom stereocenters. The summed E-state index contributed by atoms with van der Waals surface area (Å²) >= 11 is 0. The van der Waals surface area contributed by atoms with Gasteiger partial charge in [-0.3, -0.25) is 4.79 Å². The number of amides is 1. The average Bonchev–Trinajstić information content (AvgIpc) is 2.79. The van der Waals surface area contributed by atoms with Gasteiger partial charge in [-0.05, 0) is 56.8 Å². The van der Waals surface area contributed by atoms with Gasteiger partial charge < -0.3 is 10.2 Å². The molecule has 4 aliphatic rings. The van der Waals surface area contributed by atoms with Crippen molar-refractivity contribution in [1.82, 2.24) is 10.2 Å². The second-order valence-electron chi connectivity index (χ2n) is 7.16. The first-order valence-electron chi connectivity index (χ1n) is 7.70. The van der Waals surface area contributed by atoms with E-state index in [4.69, 9.17) is 0 Å². The Balaban J connectivity index is 1.48. The smallest absolute Gasteiger partial charge is 0.226 e. The third-order valence-electron chi connectivity index (χ3n) is 6.07. The maximum absolute atomic E-state index is 12.7. The van der Waals surface area contributed by atoms with Crippen LogP contribution < -0.4 is 5.32 Å². The molecule has 1 N–H and O–H groups in total. The zero-order valence-electron chi connectivity index (χ0n) is 11.4. The summed E-state index contributed by atoms with van der Waals surface area (Å²) in [6.45, 7) is 6.24. The predicted octanol–water partition coefficient (Wildman–Crippen LogP) is 1.49. The molecule has 0 aromatic heterocycles. The van der Waals surface area contributed by atoms with Gasteiger partial charge in [0.05, 0.1) is 0 Å². The Bertz CT molecular complexity index is 367. The van der Waals surface area contributed by atoms with Crippen molar-refractivity contribution in [2.75, 3.05) is 13.1 Å². The van der Waals surface area contributed by atoms with E-state index in [1.807, 2.05) is 0 Å². The predicted molar refractivity (Wildman–Crippen MR) is 69.9 cm³/mol. The van der Waals surface area contributed by atoms with Crippen molar-refractivity contribution in [3.63, 3.8) is 0 Å². The molecular formula is C15H24N2O. The molecular weight excluding hydrogens is 224 g/mol. The van der Waals surface area contributed by atoms with Gasteiger partial charge in [-0.1, -0.05) is 0 Å². The summed E-state index contributed by atoms with van der Waals surface area (Å²) in [7, 11) is 0. The molecule has 2 bridgehead atoms. The van der Waals surface area contributed by atoms with Crippen LogP contribution in [0.25, 0.3) is 0 Å². The maximum Gasteiger partial charge on any atom is 0.226 e. The molecule has 3 saturated carbocycles. The van der Waals surface area contributed by atoms with Crippen molar-refractivity contribution in [3.05, 3.63) is 0 Å². The number of nitrogens with one attached hydrogen (secondary N) is 1. The standard InChI is InChI=1S/C15H24N2O/c1-8-7-17(9(2)6-16-8)15(18)14-12-10-3-4-11(5-10)13(12)14/h8-14,16H,3-7H2,1-2H3. The number of carbonyl (C=O) groups excluding carboxylic acids is 1. The highest BCUT2D eigenvalue weighted by Crippen LogP contribution is 2.69. The number of piperazine rings is 1. The Hall–Kier alpha value is -0.570. The van der Waals surface area contributed by atoms with E-state index in [1.54, 1.807) is 0 Å². The highest BCUT2D eigenvalue weighted by atomic mass is 16.2. The van der Waals surface area contributed by atoms with Crippen molar-refractivity contribution in [2.24, 2.45) is 29.6 Å². The number of hydrogen-bond acceptors (Lipinski definition) is 2. The molecule has 3 nitrogen and oxygen atoms in total. The van der Waals surface area contributed by atoms with Gasteiger partial charge in [0, 0.05) is 31.1 Å². The molecule has 1 saturated heterocycles. The molecule has 0 aromatic carbocycles. The molecule has 4 fully saturated rings. The normalized spacial score (nSPS) is 53.4. The highest BCUT2D eigenvalue weighted by Gasteiger charge is 2.68. The Morgan fingerprint density at radius 1 is 1.17 bits per heavy atom. The van der Waals surface area contributed by atoms with Crippen LogP contribution >= 0.6 is 0 Å². The Kier molecular flexibility index (Phi) is 2.33. The fraction of sp³-hybridized carbons (Fsp3) is 0.933. The van der Waals surface area contributed by atoms with Crippen molar-refractivity contribution in [3.8, 4) is 0 Å². The molecule has 0 spiro atoms. The molecule has 3 heteroatoms. The third kappa shape index (κ3) is 1.43. The van der Waals surface area contributed by atoms with Crippen LogP contribution in [0.5, 0.6) is 0 Å². The lowest BCUT2D eigenvalue weighted by molar-refractivity contribution is -0.137. The van der Waals surface area contributed by atoms with E-state index in [0.29, 0.717) is 23.9 Å². The average molecular weight is 248 g/mol. The number of carbonyl (C=O) groups is 1. The lowest BCUT2D eigenvalue weighted by atomic mass is 10.0. The maximum atomic E-state index is 12.7. The number of rotatable bonds is 1. The molecule has 1 amide bonds. The molecule has 100 valence electrons. The van der Waals surface area contributed by atoms with Crippen LogP contribution in [0.1, 0.15) is 33.1 Å². The van der Waals surface area contributed by atoms with Crippen LogP contribution in [0.3, 0.4) is 0 Å². The summed E-state index contributed by atoms with van der Waals surface area (Å²) in [5.74, 6) is 4.29. The summed E-state index contributed by atoms with van der Waals surface area (Å²) in [6.07, 6.45) is 4.25. The molecule has 1 heterocycles. The van der Waals surface area contributed by atoms with E-state index >= 15 is 0 Å². The number of nitrogens with zero attached hydrogens (tertiary/aromatic N) is 1. The van der Waals surface area contributed by atoms with Gasteiger partial charge in [-0.25, -0.2) is 0 Å². The second-order valence-corrected chi connectivity index (χ2v) is 7.16. The minimum Gasteiger partial charge on any atom is -0.337 e. The first-order valence-corrected chi connectivity index (χ1v) is 7.70. The van der Waals surface area contributed by atoms with E-state index in [2.05, 4.69) is 24.1 Å². The first kappa shape index (κ1) is 11.3. The van der Waals surface area contributed by atoms with Crippen molar-refractivity contribution in [1.29, 1.82) is 0 Å².